The Morgan fingerprint density at radius 3 is 2.44 bits per heavy atom. The third kappa shape index (κ3) is 3.64. The highest BCUT2D eigenvalue weighted by Crippen LogP contribution is 2.65. The predicted octanol–water partition coefficient (Wildman–Crippen LogP) is 2.86. The van der Waals surface area contributed by atoms with Gasteiger partial charge in [-0.05, 0) is 32.4 Å². The maximum atomic E-state index is 14.2. The monoisotopic (exact) mass is 509 g/mol. The molecule has 1 spiro atoms. The molecule has 2 fully saturated rings. The molecule has 4 heterocycles. The minimum atomic E-state index is -0.877. The van der Waals surface area contributed by atoms with Crippen LogP contribution >= 0.6 is 11.8 Å². The van der Waals surface area contributed by atoms with Crippen LogP contribution in [-0.2, 0) is 14.4 Å². The summed E-state index contributed by atoms with van der Waals surface area (Å²) in [5, 5.41) is 10.1. The third-order valence-corrected chi connectivity index (χ3v) is 9.96. The Morgan fingerprint density at radius 1 is 1.03 bits per heavy atom. The molecular formula is C28H35N3O4S. The molecule has 8 heteroatoms. The highest BCUT2D eigenvalue weighted by atomic mass is 32.2. The number of unbranched alkanes of at least 4 members (excludes halogenated alkanes) is 1. The Kier molecular flexibility index (Phi) is 6.53. The lowest BCUT2D eigenvalue weighted by molar-refractivity contribution is -0.145. The molecule has 2 saturated heterocycles. The molecule has 4 aliphatic rings. The molecule has 3 amide bonds. The molecule has 7 nitrogen and oxygen atoms in total. The Morgan fingerprint density at radius 2 is 1.75 bits per heavy atom. The van der Waals surface area contributed by atoms with Crippen molar-refractivity contribution in [2.24, 2.45) is 11.8 Å². The summed E-state index contributed by atoms with van der Waals surface area (Å²) in [4.78, 5) is 47.7. The number of hydrogen-bond acceptors (Lipinski definition) is 5. The molecular weight excluding hydrogens is 474 g/mol. The number of nitrogens with zero attached hydrogens (tertiary/aromatic N) is 3. The zero-order valence-corrected chi connectivity index (χ0v) is 22.0. The van der Waals surface area contributed by atoms with Gasteiger partial charge in [0, 0.05) is 30.1 Å². The van der Waals surface area contributed by atoms with Crippen LogP contribution in [0.1, 0.15) is 33.6 Å². The molecule has 0 aromatic heterocycles. The first-order chi connectivity index (χ1) is 17.3. The SMILES string of the molecule is CCCCN1CC=C[C@]23S[C@]4(C)C=CCN(c5ccccc5)C(=O)[C@@H]4[C@H]2C(=O)N([C@H](C)CO)C3C1=O. The van der Waals surface area contributed by atoms with Crippen molar-refractivity contribution in [3.05, 3.63) is 54.6 Å². The average Bonchev–Trinajstić information content (AvgIpc) is 3.15. The quantitative estimate of drug-likeness (QED) is 0.597. The smallest absolute Gasteiger partial charge is 0.247 e. The van der Waals surface area contributed by atoms with Crippen LogP contribution in [0.5, 0.6) is 0 Å². The van der Waals surface area contributed by atoms with E-state index >= 15 is 0 Å². The van der Waals surface area contributed by atoms with Gasteiger partial charge in [-0.15, -0.1) is 11.8 Å². The van der Waals surface area contributed by atoms with E-state index in [-0.39, 0.29) is 24.3 Å². The van der Waals surface area contributed by atoms with Gasteiger partial charge < -0.3 is 19.8 Å². The van der Waals surface area contributed by atoms with Crippen molar-refractivity contribution in [2.75, 3.05) is 31.1 Å². The number of fused-ring (bicyclic) bond motifs is 2. The first kappa shape index (κ1) is 25.1. The van der Waals surface area contributed by atoms with E-state index in [0.717, 1.165) is 18.5 Å². The lowest BCUT2D eigenvalue weighted by atomic mass is 9.74. The fraction of sp³-hybridized carbons (Fsp3) is 0.536. The second-order valence-electron chi connectivity index (χ2n) is 10.5. The number of anilines is 1. The Balaban J connectivity index is 1.63. The number of aliphatic hydroxyl groups excluding tert-OH is 1. The van der Waals surface area contributed by atoms with Crippen molar-refractivity contribution < 1.29 is 19.5 Å². The van der Waals surface area contributed by atoms with Gasteiger partial charge in [-0.2, -0.15) is 0 Å². The van der Waals surface area contributed by atoms with Gasteiger partial charge in [0.1, 0.15) is 6.04 Å². The number of rotatable bonds is 6. The molecule has 0 radical (unpaired) electrons. The molecule has 5 rings (SSSR count). The number of hydrogen-bond donors (Lipinski definition) is 1. The summed E-state index contributed by atoms with van der Waals surface area (Å²) in [7, 11) is 0. The molecule has 1 unspecified atom stereocenters. The molecule has 1 aromatic rings. The van der Waals surface area contributed by atoms with Crippen LogP contribution in [0.3, 0.4) is 0 Å². The number of thioether (sulfide) groups is 1. The first-order valence-electron chi connectivity index (χ1n) is 12.9. The van der Waals surface area contributed by atoms with Crippen molar-refractivity contribution in [2.45, 2.75) is 55.2 Å². The van der Waals surface area contributed by atoms with Gasteiger partial charge in [0.15, 0.2) is 0 Å². The van der Waals surface area contributed by atoms with Crippen molar-refractivity contribution >= 4 is 35.2 Å². The Hall–Kier alpha value is -2.58. The van der Waals surface area contributed by atoms with Crippen molar-refractivity contribution in [1.29, 1.82) is 0 Å². The van der Waals surface area contributed by atoms with Crippen LogP contribution in [-0.4, -0.2) is 80.4 Å². The van der Waals surface area contributed by atoms with Crippen LogP contribution in [0.4, 0.5) is 5.69 Å². The summed E-state index contributed by atoms with van der Waals surface area (Å²) in [5.74, 6) is -1.73. The molecule has 192 valence electrons. The van der Waals surface area contributed by atoms with E-state index in [1.807, 2.05) is 60.4 Å². The maximum absolute atomic E-state index is 14.2. The molecule has 1 N–H and O–H groups in total. The maximum Gasteiger partial charge on any atom is 0.247 e. The van der Waals surface area contributed by atoms with Crippen LogP contribution in [0.25, 0.3) is 0 Å². The predicted molar refractivity (Wildman–Crippen MR) is 141 cm³/mol. The van der Waals surface area contributed by atoms with Gasteiger partial charge in [0.2, 0.25) is 17.7 Å². The number of aliphatic hydroxyl groups is 1. The average molecular weight is 510 g/mol. The van der Waals surface area contributed by atoms with Crippen LogP contribution in [0.15, 0.2) is 54.6 Å². The Bertz CT molecular complexity index is 1110. The van der Waals surface area contributed by atoms with E-state index < -0.39 is 33.4 Å². The number of likely N-dealkylation sites (tertiary alicyclic amines) is 1. The van der Waals surface area contributed by atoms with Crippen molar-refractivity contribution in [1.82, 2.24) is 9.80 Å². The van der Waals surface area contributed by atoms with E-state index in [1.54, 1.807) is 28.5 Å². The van der Waals surface area contributed by atoms with Crippen molar-refractivity contribution in [3.63, 3.8) is 0 Å². The number of para-hydroxylation sites is 1. The molecule has 36 heavy (non-hydrogen) atoms. The minimum Gasteiger partial charge on any atom is -0.394 e. The molecule has 0 bridgehead atoms. The summed E-state index contributed by atoms with van der Waals surface area (Å²) in [6.45, 7) is 7.20. The van der Waals surface area contributed by atoms with E-state index in [2.05, 4.69) is 13.0 Å². The summed E-state index contributed by atoms with van der Waals surface area (Å²) in [5.41, 5.74) is 0.795. The fourth-order valence-electron chi connectivity index (χ4n) is 6.46. The topological polar surface area (TPSA) is 81.2 Å². The van der Waals surface area contributed by atoms with Gasteiger partial charge in [-0.25, -0.2) is 0 Å². The summed E-state index contributed by atoms with van der Waals surface area (Å²) in [6, 6.07) is 8.26. The molecule has 0 saturated carbocycles. The lowest BCUT2D eigenvalue weighted by Crippen LogP contribution is -2.56. The zero-order chi connectivity index (χ0) is 25.7. The summed E-state index contributed by atoms with van der Waals surface area (Å²) < 4.78 is -1.52. The van der Waals surface area contributed by atoms with Gasteiger partial charge in [-0.3, -0.25) is 14.4 Å². The molecule has 0 aliphatic carbocycles. The zero-order valence-electron chi connectivity index (χ0n) is 21.2. The van der Waals surface area contributed by atoms with Gasteiger partial charge in [0.05, 0.1) is 29.2 Å². The number of benzene rings is 1. The standard InChI is InChI=1S/C28H35N3O4S/c1-4-5-15-29-16-10-14-28-22(25(34)31(19(2)18-32)23(28)26(29)35)21-24(33)30(20-11-7-6-8-12-20)17-9-13-27(21,3)36-28/h6-14,19,21-23,32H,4-5,15-18H2,1-3H3/t19-,21+,22+,23?,27-,28+/m1/s1. The molecule has 4 aliphatic heterocycles. The van der Waals surface area contributed by atoms with Gasteiger partial charge >= 0.3 is 0 Å². The molecule has 6 atom stereocenters. The first-order valence-corrected chi connectivity index (χ1v) is 13.7. The second kappa shape index (κ2) is 9.38. The number of amides is 3. The highest BCUT2D eigenvalue weighted by molar-refractivity contribution is 8.02. The number of carbonyl (C=O) groups excluding carboxylic acids is 3. The second-order valence-corrected chi connectivity index (χ2v) is 12.3. The van der Waals surface area contributed by atoms with E-state index in [4.69, 9.17) is 0 Å². The largest absolute Gasteiger partial charge is 0.394 e. The number of carbonyl (C=O) groups is 3. The normalized spacial score (nSPS) is 34.4. The van der Waals surface area contributed by atoms with E-state index in [1.165, 1.54) is 0 Å². The van der Waals surface area contributed by atoms with Crippen molar-refractivity contribution in [3.8, 4) is 0 Å². The minimum absolute atomic E-state index is 0.0893. The molecule has 1 aromatic carbocycles. The Labute approximate surface area is 217 Å². The van der Waals surface area contributed by atoms with E-state index in [9.17, 15) is 19.5 Å². The summed E-state index contributed by atoms with van der Waals surface area (Å²) >= 11 is 1.58. The van der Waals surface area contributed by atoms with Gasteiger partial charge in [-0.1, -0.05) is 55.8 Å². The third-order valence-electron chi connectivity index (χ3n) is 8.17. The van der Waals surface area contributed by atoms with Crippen LogP contribution < -0.4 is 4.90 Å². The summed E-state index contributed by atoms with van der Waals surface area (Å²) in [6.07, 6.45) is 9.97. The van der Waals surface area contributed by atoms with Gasteiger partial charge in [0.25, 0.3) is 0 Å². The van der Waals surface area contributed by atoms with E-state index in [0.29, 0.717) is 19.6 Å². The fourth-order valence-corrected chi connectivity index (χ4v) is 8.60. The lowest BCUT2D eigenvalue weighted by Gasteiger charge is -2.38. The van der Waals surface area contributed by atoms with Crippen LogP contribution in [0.2, 0.25) is 0 Å². The highest BCUT2D eigenvalue weighted by Gasteiger charge is 2.74. The van der Waals surface area contributed by atoms with Crippen LogP contribution in [0, 0.1) is 11.8 Å².